The van der Waals surface area contributed by atoms with Gasteiger partial charge in [-0.25, -0.2) is 4.79 Å². The second-order valence-electron chi connectivity index (χ2n) is 6.14. The fourth-order valence-electron chi connectivity index (χ4n) is 2.51. The summed E-state index contributed by atoms with van der Waals surface area (Å²) in [6.45, 7) is 4.26. The zero-order chi connectivity index (χ0) is 17.3. The first-order chi connectivity index (χ1) is 11.1. The van der Waals surface area contributed by atoms with Crippen LogP contribution in [0.2, 0.25) is 0 Å². The van der Waals surface area contributed by atoms with Crippen molar-refractivity contribution in [2.45, 2.75) is 96.7 Å². The molecule has 0 saturated heterocycles. The van der Waals surface area contributed by atoms with Gasteiger partial charge in [-0.1, -0.05) is 71.1 Å². The summed E-state index contributed by atoms with van der Waals surface area (Å²) in [6.07, 6.45) is 13.7. The summed E-state index contributed by atoms with van der Waals surface area (Å²) in [5, 5.41) is 19.6. The van der Waals surface area contributed by atoms with Gasteiger partial charge in [0, 0.05) is 6.08 Å². The van der Waals surface area contributed by atoms with Crippen LogP contribution in [0.1, 0.15) is 84.5 Å². The Morgan fingerprint density at radius 2 is 1.43 bits per heavy atom. The van der Waals surface area contributed by atoms with Crippen LogP contribution in [0.5, 0.6) is 0 Å². The smallest absolute Gasteiger partial charge is 0.330 e. The Morgan fingerprint density at radius 1 is 0.913 bits per heavy atom. The summed E-state index contributed by atoms with van der Waals surface area (Å²) in [6, 6.07) is 0. The number of aliphatic hydroxyl groups excluding tert-OH is 2. The average Bonchev–Trinajstić information content (AvgIpc) is 2.54. The van der Waals surface area contributed by atoms with Crippen LogP contribution in [0.3, 0.4) is 0 Å². The van der Waals surface area contributed by atoms with E-state index in [9.17, 15) is 15.0 Å². The Bertz CT molecular complexity index is 302. The van der Waals surface area contributed by atoms with E-state index < -0.39 is 18.2 Å². The van der Waals surface area contributed by atoms with Crippen LogP contribution in [-0.2, 0) is 9.53 Å². The van der Waals surface area contributed by atoms with E-state index in [-0.39, 0.29) is 0 Å². The molecule has 0 aliphatic heterocycles. The largest absolute Gasteiger partial charge is 0.463 e. The highest BCUT2D eigenvalue weighted by Gasteiger charge is 2.13. The molecule has 23 heavy (non-hydrogen) atoms. The number of carbonyl (C=O) groups is 1. The fraction of sp³-hybridized carbons (Fsp3) is 0.842. The van der Waals surface area contributed by atoms with Crippen molar-refractivity contribution in [3.8, 4) is 0 Å². The molecule has 0 saturated carbocycles. The predicted molar refractivity (Wildman–Crippen MR) is 94.2 cm³/mol. The molecular weight excluding hydrogens is 292 g/mol. The predicted octanol–water partition coefficient (Wildman–Crippen LogP) is 4.14. The van der Waals surface area contributed by atoms with Crippen LogP contribution < -0.4 is 0 Å². The number of unbranched alkanes of at least 4 members (excludes halogenated alkanes) is 9. The van der Waals surface area contributed by atoms with Crippen LogP contribution in [-0.4, -0.2) is 35.0 Å². The number of esters is 1. The molecule has 0 radical (unpaired) electrons. The Labute approximate surface area is 141 Å². The van der Waals surface area contributed by atoms with Crippen molar-refractivity contribution >= 4 is 5.97 Å². The summed E-state index contributed by atoms with van der Waals surface area (Å²) in [4.78, 5) is 11.1. The molecule has 0 aliphatic carbocycles. The highest BCUT2D eigenvalue weighted by atomic mass is 16.5. The molecule has 0 rings (SSSR count). The Hall–Kier alpha value is -0.870. The Balaban J connectivity index is 3.51. The van der Waals surface area contributed by atoms with Crippen LogP contribution in [0.25, 0.3) is 0 Å². The first-order valence-corrected chi connectivity index (χ1v) is 9.32. The van der Waals surface area contributed by atoms with E-state index in [4.69, 9.17) is 4.74 Å². The van der Waals surface area contributed by atoms with Gasteiger partial charge >= 0.3 is 5.97 Å². The van der Waals surface area contributed by atoms with Gasteiger partial charge in [0.05, 0.1) is 18.8 Å². The summed E-state index contributed by atoms with van der Waals surface area (Å²) in [5.41, 5.74) is 0. The first-order valence-electron chi connectivity index (χ1n) is 9.32. The third-order valence-electron chi connectivity index (χ3n) is 3.96. The number of hydrogen-bond acceptors (Lipinski definition) is 4. The van der Waals surface area contributed by atoms with Crippen molar-refractivity contribution < 1.29 is 19.7 Å². The van der Waals surface area contributed by atoms with E-state index in [1.165, 1.54) is 63.5 Å². The lowest BCUT2D eigenvalue weighted by atomic mass is 10.0. The number of rotatable bonds is 15. The van der Waals surface area contributed by atoms with E-state index in [0.29, 0.717) is 13.0 Å². The first kappa shape index (κ1) is 22.1. The van der Waals surface area contributed by atoms with E-state index in [2.05, 4.69) is 6.92 Å². The molecule has 2 N–H and O–H groups in total. The van der Waals surface area contributed by atoms with Crippen molar-refractivity contribution in [3.05, 3.63) is 12.2 Å². The third-order valence-corrected chi connectivity index (χ3v) is 3.96. The van der Waals surface area contributed by atoms with E-state index >= 15 is 0 Å². The zero-order valence-corrected chi connectivity index (χ0v) is 15.0. The molecule has 0 heterocycles. The maximum atomic E-state index is 11.1. The van der Waals surface area contributed by atoms with Crippen LogP contribution >= 0.6 is 0 Å². The Morgan fingerprint density at radius 3 is 1.96 bits per heavy atom. The second-order valence-corrected chi connectivity index (χ2v) is 6.14. The molecule has 0 amide bonds. The van der Waals surface area contributed by atoms with E-state index in [1.807, 2.05) is 0 Å². The highest BCUT2D eigenvalue weighted by Crippen LogP contribution is 2.13. The molecule has 0 bridgehead atoms. The summed E-state index contributed by atoms with van der Waals surface area (Å²) in [5.74, 6) is -0.488. The third kappa shape index (κ3) is 14.5. The molecular formula is C19H36O4. The lowest BCUT2D eigenvalue weighted by Gasteiger charge is -2.14. The fourth-order valence-corrected chi connectivity index (χ4v) is 2.51. The molecule has 136 valence electrons. The topological polar surface area (TPSA) is 66.8 Å². The quantitative estimate of drug-likeness (QED) is 0.269. The van der Waals surface area contributed by atoms with Crippen LogP contribution in [0.15, 0.2) is 12.2 Å². The van der Waals surface area contributed by atoms with E-state index in [1.54, 1.807) is 6.92 Å². The molecule has 0 aliphatic rings. The van der Waals surface area contributed by atoms with Crippen molar-refractivity contribution in [1.82, 2.24) is 0 Å². The van der Waals surface area contributed by atoms with Gasteiger partial charge < -0.3 is 14.9 Å². The lowest BCUT2D eigenvalue weighted by Crippen LogP contribution is -2.23. The summed E-state index contributed by atoms with van der Waals surface area (Å²) in [7, 11) is 0. The normalized spacial score (nSPS) is 14.1. The van der Waals surface area contributed by atoms with Crippen molar-refractivity contribution in [1.29, 1.82) is 0 Å². The monoisotopic (exact) mass is 328 g/mol. The molecule has 0 aromatic carbocycles. The number of hydrogen-bond donors (Lipinski definition) is 2. The van der Waals surface area contributed by atoms with Crippen LogP contribution in [0, 0.1) is 0 Å². The van der Waals surface area contributed by atoms with E-state index in [0.717, 1.165) is 12.8 Å². The number of carbonyl (C=O) groups excluding carboxylic acids is 1. The molecule has 0 unspecified atom stereocenters. The Kier molecular flexibility index (Phi) is 15.4. The maximum absolute atomic E-state index is 11.1. The maximum Gasteiger partial charge on any atom is 0.330 e. The minimum Gasteiger partial charge on any atom is -0.463 e. The SMILES string of the molecule is CCCCCCCCCCCC[C@H](O)[C@@H](O)/C=C/C(=O)OCC. The van der Waals surface area contributed by atoms with Gasteiger partial charge in [0.25, 0.3) is 0 Å². The van der Waals surface area contributed by atoms with Crippen molar-refractivity contribution in [2.24, 2.45) is 0 Å². The van der Waals surface area contributed by atoms with Gasteiger partial charge in [0.15, 0.2) is 0 Å². The minimum atomic E-state index is -1.00. The van der Waals surface area contributed by atoms with Gasteiger partial charge in [-0.05, 0) is 19.4 Å². The molecule has 4 heteroatoms. The summed E-state index contributed by atoms with van der Waals surface area (Å²) < 4.78 is 4.72. The summed E-state index contributed by atoms with van der Waals surface area (Å²) >= 11 is 0. The van der Waals surface area contributed by atoms with Gasteiger partial charge in [0.1, 0.15) is 0 Å². The average molecular weight is 328 g/mol. The zero-order valence-electron chi connectivity index (χ0n) is 15.0. The molecule has 0 aromatic heterocycles. The minimum absolute atomic E-state index is 0.306. The van der Waals surface area contributed by atoms with Gasteiger partial charge in [0.2, 0.25) is 0 Å². The van der Waals surface area contributed by atoms with Gasteiger partial charge in [-0.2, -0.15) is 0 Å². The molecule has 2 atom stereocenters. The van der Waals surface area contributed by atoms with Gasteiger partial charge in [-0.15, -0.1) is 0 Å². The molecule has 0 spiro atoms. The number of ether oxygens (including phenoxy) is 1. The molecule has 4 nitrogen and oxygen atoms in total. The van der Waals surface area contributed by atoms with Crippen molar-refractivity contribution in [2.75, 3.05) is 6.61 Å². The van der Waals surface area contributed by atoms with Gasteiger partial charge in [-0.3, -0.25) is 0 Å². The second kappa shape index (κ2) is 16.0. The molecule has 0 aromatic rings. The lowest BCUT2D eigenvalue weighted by molar-refractivity contribution is -0.137. The molecule has 0 fully saturated rings. The van der Waals surface area contributed by atoms with Crippen LogP contribution in [0.4, 0.5) is 0 Å². The standard InChI is InChI=1S/C19H36O4/c1-3-5-6-7-8-9-10-11-12-13-14-17(20)18(21)15-16-19(22)23-4-2/h15-18,20-21H,3-14H2,1-2H3/b16-15+/t17-,18-/m0/s1. The van der Waals surface area contributed by atoms with Crippen molar-refractivity contribution in [3.63, 3.8) is 0 Å². The number of aliphatic hydroxyl groups is 2. The highest BCUT2D eigenvalue weighted by molar-refractivity contribution is 5.81.